The summed E-state index contributed by atoms with van der Waals surface area (Å²) in [6.45, 7) is 2.14. The Morgan fingerprint density at radius 1 is 1.00 bits per heavy atom. The standard InChI is InChI=1S/C17H18NO2P/c1-20-17(19)13-14-18-21(2,15-9-5-3-6-10-15)16-11-7-4-8-12-16/h3-14H,1-2H3/b14-13+. The van der Waals surface area contributed by atoms with Gasteiger partial charge in [0, 0.05) is 19.3 Å². The van der Waals surface area contributed by atoms with Crippen molar-refractivity contribution < 1.29 is 9.53 Å². The fraction of sp³-hybridized carbons (Fsp3) is 0.118. The van der Waals surface area contributed by atoms with Crippen molar-refractivity contribution in [1.82, 2.24) is 0 Å². The van der Waals surface area contributed by atoms with Crippen LogP contribution in [0.1, 0.15) is 0 Å². The van der Waals surface area contributed by atoms with Crippen LogP contribution in [0.4, 0.5) is 0 Å². The van der Waals surface area contributed by atoms with Crippen molar-refractivity contribution >= 4 is 23.6 Å². The van der Waals surface area contributed by atoms with Crippen LogP contribution in [0.2, 0.25) is 0 Å². The first-order chi connectivity index (χ1) is 10.2. The van der Waals surface area contributed by atoms with E-state index in [2.05, 4.69) is 35.7 Å². The van der Waals surface area contributed by atoms with Gasteiger partial charge in [-0.1, -0.05) is 60.7 Å². The Hall–Kier alpha value is -2.12. The van der Waals surface area contributed by atoms with E-state index >= 15 is 0 Å². The predicted octanol–water partition coefficient (Wildman–Crippen LogP) is 3.16. The summed E-state index contributed by atoms with van der Waals surface area (Å²) >= 11 is 0. The summed E-state index contributed by atoms with van der Waals surface area (Å²) in [5.41, 5.74) is 0. The lowest BCUT2D eigenvalue weighted by molar-refractivity contribution is -0.134. The Balaban J connectivity index is 2.53. The van der Waals surface area contributed by atoms with Gasteiger partial charge in [0.05, 0.1) is 7.11 Å². The van der Waals surface area contributed by atoms with Gasteiger partial charge in [-0.3, -0.25) is 4.74 Å². The number of nitrogens with zero attached hydrogens (tertiary/aromatic N) is 1. The molecule has 0 saturated carbocycles. The van der Waals surface area contributed by atoms with Crippen LogP contribution < -0.4 is 10.6 Å². The Bertz CT molecular complexity index is 635. The molecule has 0 radical (unpaired) electrons. The molecule has 2 rings (SSSR count). The normalized spacial score (nSPS) is 11.3. The maximum absolute atomic E-state index is 11.2. The number of esters is 1. The molecular formula is C17H18NO2P. The number of ether oxygens (including phenoxy) is 1. The van der Waals surface area contributed by atoms with Crippen molar-refractivity contribution in [1.29, 1.82) is 0 Å². The average molecular weight is 299 g/mol. The highest BCUT2D eigenvalue weighted by atomic mass is 31.2. The molecule has 0 aliphatic carbocycles. The zero-order valence-electron chi connectivity index (χ0n) is 12.1. The molecule has 0 N–H and O–H groups in total. The van der Waals surface area contributed by atoms with Crippen LogP contribution in [-0.2, 0) is 9.53 Å². The molecule has 4 heteroatoms. The molecule has 2 aromatic carbocycles. The van der Waals surface area contributed by atoms with Crippen LogP contribution >= 0.6 is 7.05 Å². The molecule has 0 bridgehead atoms. The maximum Gasteiger partial charge on any atom is 0.332 e. The number of rotatable bonds is 4. The van der Waals surface area contributed by atoms with Crippen molar-refractivity contribution in [3.05, 3.63) is 72.9 Å². The molecule has 0 atom stereocenters. The van der Waals surface area contributed by atoms with Gasteiger partial charge in [-0.2, -0.15) is 0 Å². The summed E-state index contributed by atoms with van der Waals surface area (Å²) in [5.74, 6) is -0.397. The number of carbonyl (C=O) groups excluding carboxylic acids is 1. The number of hydrogen-bond acceptors (Lipinski definition) is 3. The third-order valence-corrected chi connectivity index (χ3v) is 6.43. The van der Waals surface area contributed by atoms with Gasteiger partial charge in [0.15, 0.2) is 0 Å². The van der Waals surface area contributed by atoms with E-state index in [0.29, 0.717) is 0 Å². The lowest BCUT2D eigenvalue weighted by Gasteiger charge is -2.20. The molecule has 0 aliphatic heterocycles. The van der Waals surface area contributed by atoms with Crippen LogP contribution in [0.15, 0.2) is 77.7 Å². The molecule has 0 fully saturated rings. The Morgan fingerprint density at radius 2 is 1.48 bits per heavy atom. The number of benzene rings is 2. The summed E-state index contributed by atoms with van der Waals surface area (Å²) in [6, 6.07) is 20.3. The fourth-order valence-corrected chi connectivity index (χ4v) is 4.42. The van der Waals surface area contributed by atoms with E-state index in [9.17, 15) is 4.79 Å². The molecule has 0 aromatic heterocycles. The second kappa shape index (κ2) is 7.05. The van der Waals surface area contributed by atoms with Gasteiger partial charge in [-0.15, -0.1) is 0 Å². The number of carbonyl (C=O) groups is 1. The quantitative estimate of drug-likeness (QED) is 0.494. The highest BCUT2D eigenvalue weighted by Gasteiger charge is 2.17. The SMILES string of the molecule is COC(=O)/C=C/N=P(C)(c1ccccc1)c1ccccc1. The van der Waals surface area contributed by atoms with Crippen molar-refractivity contribution in [3.63, 3.8) is 0 Å². The van der Waals surface area contributed by atoms with Gasteiger partial charge in [0.2, 0.25) is 0 Å². The average Bonchev–Trinajstić information content (AvgIpc) is 2.56. The van der Waals surface area contributed by atoms with Gasteiger partial charge in [0.1, 0.15) is 0 Å². The van der Waals surface area contributed by atoms with E-state index in [1.54, 1.807) is 6.20 Å². The first-order valence-electron chi connectivity index (χ1n) is 6.61. The molecule has 21 heavy (non-hydrogen) atoms. The monoisotopic (exact) mass is 299 g/mol. The first-order valence-corrected chi connectivity index (χ1v) is 8.80. The van der Waals surface area contributed by atoms with Crippen LogP contribution in [0.25, 0.3) is 0 Å². The summed E-state index contributed by atoms with van der Waals surface area (Å²) in [5, 5.41) is 2.34. The Kier molecular flexibility index (Phi) is 5.13. The highest BCUT2D eigenvalue weighted by Crippen LogP contribution is 2.43. The van der Waals surface area contributed by atoms with E-state index in [1.165, 1.54) is 23.8 Å². The van der Waals surface area contributed by atoms with Gasteiger partial charge >= 0.3 is 5.97 Å². The lowest BCUT2D eigenvalue weighted by Crippen LogP contribution is -2.14. The Morgan fingerprint density at radius 3 is 1.90 bits per heavy atom. The molecule has 3 nitrogen and oxygen atoms in total. The highest BCUT2D eigenvalue weighted by molar-refractivity contribution is 7.80. The topological polar surface area (TPSA) is 38.7 Å². The predicted molar refractivity (Wildman–Crippen MR) is 88.6 cm³/mol. The van der Waals surface area contributed by atoms with E-state index in [4.69, 9.17) is 4.74 Å². The molecule has 0 saturated heterocycles. The van der Waals surface area contributed by atoms with Crippen LogP contribution in [0, 0.1) is 0 Å². The van der Waals surface area contributed by atoms with Crippen molar-refractivity contribution in [2.75, 3.05) is 13.8 Å². The largest absolute Gasteiger partial charge is 0.466 e. The van der Waals surface area contributed by atoms with Gasteiger partial charge in [0.25, 0.3) is 0 Å². The zero-order chi connectivity index (χ0) is 15.1. The van der Waals surface area contributed by atoms with Crippen LogP contribution in [0.5, 0.6) is 0 Å². The minimum atomic E-state index is -1.91. The summed E-state index contributed by atoms with van der Waals surface area (Å²) in [7, 11) is -0.554. The van der Waals surface area contributed by atoms with Gasteiger partial charge < -0.3 is 4.74 Å². The first kappa shape index (κ1) is 15.3. The molecule has 108 valence electrons. The van der Waals surface area contributed by atoms with Crippen molar-refractivity contribution in [3.8, 4) is 0 Å². The lowest BCUT2D eigenvalue weighted by atomic mass is 10.4. The molecule has 0 spiro atoms. The smallest absolute Gasteiger partial charge is 0.332 e. The fourth-order valence-electron chi connectivity index (χ4n) is 2.01. The molecule has 0 aliphatic rings. The minimum Gasteiger partial charge on any atom is -0.466 e. The summed E-state index contributed by atoms with van der Waals surface area (Å²) in [4.78, 5) is 11.2. The molecular weight excluding hydrogens is 281 g/mol. The second-order valence-electron chi connectivity index (χ2n) is 4.58. The summed E-state index contributed by atoms with van der Waals surface area (Å²) < 4.78 is 9.32. The third kappa shape index (κ3) is 3.71. The van der Waals surface area contributed by atoms with Crippen molar-refractivity contribution in [2.24, 2.45) is 4.74 Å². The molecule has 0 unspecified atom stereocenters. The van der Waals surface area contributed by atoms with E-state index < -0.39 is 13.0 Å². The maximum atomic E-state index is 11.2. The number of methoxy groups -OCH3 is 1. The molecule has 0 amide bonds. The van der Waals surface area contributed by atoms with E-state index in [0.717, 1.165) is 0 Å². The van der Waals surface area contributed by atoms with Gasteiger partial charge in [-0.25, -0.2) is 4.79 Å². The minimum absolute atomic E-state index is 0.397. The molecule has 2 aromatic rings. The van der Waals surface area contributed by atoms with Crippen LogP contribution in [-0.4, -0.2) is 19.7 Å². The Labute approximate surface area is 125 Å². The van der Waals surface area contributed by atoms with Crippen LogP contribution in [0.3, 0.4) is 0 Å². The second-order valence-corrected chi connectivity index (χ2v) is 7.77. The summed E-state index contributed by atoms with van der Waals surface area (Å²) in [6.07, 6.45) is 2.91. The third-order valence-electron chi connectivity index (χ3n) is 3.23. The van der Waals surface area contributed by atoms with Gasteiger partial charge in [-0.05, 0) is 17.3 Å². The van der Waals surface area contributed by atoms with Crippen molar-refractivity contribution in [2.45, 2.75) is 0 Å². The zero-order valence-corrected chi connectivity index (χ0v) is 13.0. The van der Waals surface area contributed by atoms with E-state index in [1.807, 2.05) is 36.4 Å². The molecule has 0 heterocycles. The van der Waals surface area contributed by atoms with E-state index in [-0.39, 0.29) is 0 Å². The number of hydrogen-bond donors (Lipinski definition) is 0.